The molecule has 0 aliphatic heterocycles. The Morgan fingerprint density at radius 3 is 1.00 bits per heavy atom. The third-order valence-electron chi connectivity index (χ3n) is 8.15. The van der Waals surface area contributed by atoms with E-state index in [2.05, 4.69) is 24.5 Å². The Balaban J connectivity index is -0.000000807. The van der Waals surface area contributed by atoms with Crippen LogP contribution in [0.25, 0.3) is 0 Å². The Kier molecular flexibility index (Phi) is 42.4. The first-order chi connectivity index (χ1) is 22.2. The van der Waals surface area contributed by atoms with E-state index in [1.54, 1.807) is 0 Å². The molecule has 11 heteroatoms. The monoisotopic (exact) mass is 694 g/mol. The zero-order chi connectivity index (χ0) is 34.7. The molecule has 6 N–H and O–H groups in total. The molecular formula is C36H70CaN4O6. The molecule has 0 saturated heterocycles. The number of hydrogen-bond acceptors (Lipinski definition) is 8. The molecule has 0 saturated carbocycles. The summed E-state index contributed by atoms with van der Waals surface area (Å²) in [5, 5.41) is 27.1. The maximum atomic E-state index is 11.8. The van der Waals surface area contributed by atoms with E-state index in [1.807, 2.05) is 0 Å². The van der Waals surface area contributed by atoms with Gasteiger partial charge in [0.1, 0.15) is 0 Å². The van der Waals surface area contributed by atoms with Crippen LogP contribution in [-0.2, 0) is 19.2 Å². The van der Waals surface area contributed by atoms with Gasteiger partial charge in [-0.1, -0.05) is 117 Å². The summed E-state index contributed by atoms with van der Waals surface area (Å²) in [5.41, 5.74) is 10.8. The van der Waals surface area contributed by atoms with E-state index in [1.165, 1.54) is 77.0 Å². The van der Waals surface area contributed by atoms with Crippen molar-refractivity contribution in [1.29, 1.82) is 0 Å². The van der Waals surface area contributed by atoms with Crippen molar-refractivity contribution < 1.29 is 29.4 Å². The molecule has 0 aromatic heterocycles. The predicted molar refractivity (Wildman–Crippen MR) is 189 cm³/mol. The molecule has 0 heterocycles. The number of carboxylic acids is 2. The average molecular weight is 695 g/mol. The predicted octanol–water partition coefficient (Wildman–Crippen LogP) is 4.16. The van der Waals surface area contributed by atoms with Gasteiger partial charge < -0.3 is 41.9 Å². The average Bonchev–Trinajstić information content (AvgIpc) is 3.02. The first-order valence-electron chi connectivity index (χ1n) is 18.6. The van der Waals surface area contributed by atoms with Crippen LogP contribution < -0.4 is 32.3 Å². The maximum absolute atomic E-state index is 11.8. The van der Waals surface area contributed by atoms with Crippen molar-refractivity contribution in [3.8, 4) is 0 Å². The topological polar surface area (TPSA) is 190 Å². The molecule has 0 radical (unpaired) electrons. The molecule has 0 unspecified atom stereocenters. The van der Waals surface area contributed by atoms with Crippen LogP contribution in [0.2, 0.25) is 0 Å². The summed E-state index contributed by atoms with van der Waals surface area (Å²) >= 11 is 0. The number of hydrogen-bond donors (Lipinski definition) is 4. The molecule has 0 aliphatic rings. The van der Waals surface area contributed by atoms with Gasteiger partial charge in [-0.25, -0.2) is 0 Å². The minimum absolute atomic E-state index is 0. The molecule has 10 nitrogen and oxygen atoms in total. The van der Waals surface area contributed by atoms with Gasteiger partial charge in [0.25, 0.3) is 0 Å². The van der Waals surface area contributed by atoms with Gasteiger partial charge in [0.15, 0.2) is 0 Å². The van der Waals surface area contributed by atoms with Crippen molar-refractivity contribution in [3.05, 3.63) is 0 Å². The number of unbranched alkanes of at least 4 members (excludes halogenated alkanes) is 18. The summed E-state index contributed by atoms with van der Waals surface area (Å²) in [6, 6.07) is -1.76. The zero-order valence-corrected chi connectivity index (χ0v) is 32.5. The number of nitrogens with two attached hydrogens (primary N) is 2. The molecule has 2 atom stereocenters. The Morgan fingerprint density at radius 2 is 0.745 bits per heavy atom. The van der Waals surface area contributed by atoms with Crippen molar-refractivity contribution in [2.75, 3.05) is 13.1 Å². The van der Waals surface area contributed by atoms with Crippen LogP contribution in [0.1, 0.15) is 181 Å². The van der Waals surface area contributed by atoms with E-state index >= 15 is 0 Å². The fraction of sp³-hybridized carbons (Fsp3) is 0.889. The van der Waals surface area contributed by atoms with E-state index in [4.69, 9.17) is 11.5 Å². The number of carbonyl (C=O) groups excluding carboxylic acids is 4. The number of carbonyl (C=O) groups is 4. The standard InChI is InChI=1S/2C18H36N2O3.Ca/c2*1-2-3-4-5-6-7-8-9-10-14-17(21)20-16(18(22)23)13-11-12-15-19;/h2*16H,2-15,19H2,1H3,(H,20,21)(H,22,23);/q;;+2/p-2/t2*16-;/m00./s1. The first kappa shape index (κ1) is 50.4. The third kappa shape index (κ3) is 37.7. The van der Waals surface area contributed by atoms with Gasteiger partial charge in [-0.15, -0.1) is 0 Å². The second kappa shape index (κ2) is 39.5. The minimum Gasteiger partial charge on any atom is -0.548 e. The molecule has 2 amide bonds. The van der Waals surface area contributed by atoms with E-state index in [0.29, 0.717) is 51.6 Å². The van der Waals surface area contributed by atoms with E-state index in [0.717, 1.165) is 51.4 Å². The van der Waals surface area contributed by atoms with Crippen molar-refractivity contribution in [1.82, 2.24) is 10.6 Å². The van der Waals surface area contributed by atoms with Crippen LogP contribution in [0.3, 0.4) is 0 Å². The van der Waals surface area contributed by atoms with E-state index < -0.39 is 24.0 Å². The minimum atomic E-state index is -1.21. The number of aliphatic carboxylic acids is 2. The first-order valence-corrected chi connectivity index (χ1v) is 18.6. The largest absolute Gasteiger partial charge is 2.00 e. The zero-order valence-electron chi connectivity index (χ0n) is 30.3. The third-order valence-corrected chi connectivity index (χ3v) is 8.15. The van der Waals surface area contributed by atoms with Crippen molar-refractivity contribution in [2.24, 2.45) is 11.5 Å². The molecule has 0 spiro atoms. The second-order valence-corrected chi connectivity index (χ2v) is 12.6. The number of amides is 2. The van der Waals surface area contributed by atoms with Gasteiger partial charge in [0.2, 0.25) is 11.8 Å². The van der Waals surface area contributed by atoms with Crippen LogP contribution in [0.4, 0.5) is 0 Å². The summed E-state index contributed by atoms with van der Waals surface area (Å²) in [5.74, 6) is -2.78. The molecule has 0 rings (SSSR count). The number of carboxylic acid groups (broad SMARTS) is 2. The SMILES string of the molecule is CCCCCCCCCCCC(=O)N[C@@H](CCCCN)C(=O)[O-].CCCCCCCCCCCC(=O)N[C@@H](CCCCN)C(=O)[O-].[Ca+2]. The summed E-state index contributed by atoms with van der Waals surface area (Å²) in [4.78, 5) is 45.5. The molecule has 0 aromatic carbocycles. The Labute approximate surface area is 317 Å². The molecule has 272 valence electrons. The molecule has 0 aromatic rings. The molecule has 47 heavy (non-hydrogen) atoms. The Bertz CT molecular complexity index is 684. The quantitative estimate of drug-likeness (QED) is 0.0596. The van der Waals surface area contributed by atoms with Gasteiger partial charge in [-0.2, -0.15) is 0 Å². The van der Waals surface area contributed by atoms with Gasteiger partial charge >= 0.3 is 37.7 Å². The fourth-order valence-electron chi connectivity index (χ4n) is 5.21. The van der Waals surface area contributed by atoms with Gasteiger partial charge in [0.05, 0.1) is 24.0 Å². The summed E-state index contributed by atoms with van der Waals surface area (Å²) in [6.45, 7) is 5.50. The fourth-order valence-corrected chi connectivity index (χ4v) is 5.21. The van der Waals surface area contributed by atoms with Crippen LogP contribution in [-0.4, -0.2) is 86.7 Å². The van der Waals surface area contributed by atoms with Crippen molar-refractivity contribution >= 4 is 61.5 Å². The van der Waals surface area contributed by atoms with Crippen LogP contribution >= 0.6 is 0 Å². The molecule has 0 aliphatic carbocycles. The molecular weight excluding hydrogens is 624 g/mol. The Morgan fingerprint density at radius 1 is 0.468 bits per heavy atom. The summed E-state index contributed by atoms with van der Waals surface area (Å²) in [6.07, 6.45) is 26.0. The number of rotatable bonds is 32. The smallest absolute Gasteiger partial charge is 0.548 e. The summed E-state index contributed by atoms with van der Waals surface area (Å²) in [7, 11) is 0. The van der Waals surface area contributed by atoms with E-state index in [9.17, 15) is 29.4 Å². The van der Waals surface area contributed by atoms with Crippen LogP contribution in [0, 0.1) is 0 Å². The second-order valence-electron chi connectivity index (χ2n) is 12.6. The van der Waals surface area contributed by atoms with Gasteiger partial charge in [-0.05, 0) is 64.5 Å². The van der Waals surface area contributed by atoms with Crippen LogP contribution in [0.15, 0.2) is 0 Å². The molecule has 0 bridgehead atoms. The normalized spacial score (nSPS) is 11.8. The van der Waals surface area contributed by atoms with Gasteiger partial charge in [0, 0.05) is 12.8 Å². The van der Waals surface area contributed by atoms with E-state index in [-0.39, 0.29) is 49.6 Å². The maximum Gasteiger partial charge on any atom is 2.00 e. The van der Waals surface area contributed by atoms with Crippen molar-refractivity contribution in [2.45, 2.75) is 193 Å². The number of nitrogens with one attached hydrogen (secondary N) is 2. The van der Waals surface area contributed by atoms with Crippen molar-refractivity contribution in [3.63, 3.8) is 0 Å². The van der Waals surface area contributed by atoms with Gasteiger partial charge in [-0.3, -0.25) is 9.59 Å². The summed E-state index contributed by atoms with van der Waals surface area (Å²) < 4.78 is 0. The van der Waals surface area contributed by atoms with Crippen LogP contribution in [0.5, 0.6) is 0 Å². The Hall–Kier alpha value is -0.940. The molecule has 0 fully saturated rings.